The van der Waals surface area contributed by atoms with E-state index in [2.05, 4.69) is 35.4 Å². The predicted molar refractivity (Wildman–Crippen MR) is 98.0 cm³/mol. The Hall–Kier alpha value is -2.40. The number of carbonyl (C=O) groups is 1. The quantitative estimate of drug-likeness (QED) is 0.879. The van der Waals surface area contributed by atoms with E-state index >= 15 is 0 Å². The minimum atomic E-state index is -0.0961. The zero-order valence-electron chi connectivity index (χ0n) is 15.0. The highest BCUT2D eigenvalue weighted by atomic mass is 16.5. The number of amides is 1. The molecule has 2 atom stereocenters. The summed E-state index contributed by atoms with van der Waals surface area (Å²) in [5.41, 5.74) is 3.10. The first kappa shape index (κ1) is 17.4. The lowest BCUT2D eigenvalue weighted by Gasteiger charge is -2.14. The van der Waals surface area contributed by atoms with E-state index in [0.29, 0.717) is 24.0 Å². The van der Waals surface area contributed by atoms with Crippen LogP contribution in [-0.4, -0.2) is 43.0 Å². The Morgan fingerprint density at radius 2 is 2.00 bits per heavy atom. The molecule has 2 unspecified atom stereocenters. The highest BCUT2D eigenvalue weighted by Gasteiger charge is 2.29. The van der Waals surface area contributed by atoms with Gasteiger partial charge in [0, 0.05) is 18.8 Å². The number of aromatic nitrogens is 1. The Labute approximate surface area is 149 Å². The van der Waals surface area contributed by atoms with Crippen molar-refractivity contribution in [3.63, 3.8) is 0 Å². The first-order valence-corrected chi connectivity index (χ1v) is 8.68. The van der Waals surface area contributed by atoms with E-state index < -0.39 is 0 Å². The van der Waals surface area contributed by atoms with Crippen LogP contribution in [0.1, 0.15) is 46.8 Å². The molecule has 0 radical (unpaired) electrons. The van der Waals surface area contributed by atoms with Gasteiger partial charge >= 0.3 is 0 Å². The number of hydrogen-bond acceptors (Lipinski definition) is 4. The van der Waals surface area contributed by atoms with Crippen molar-refractivity contribution in [1.29, 1.82) is 0 Å². The van der Waals surface area contributed by atoms with Gasteiger partial charge in [0.25, 0.3) is 5.91 Å². The number of rotatable bonds is 6. The van der Waals surface area contributed by atoms with Gasteiger partial charge in [0.05, 0.1) is 11.6 Å². The van der Waals surface area contributed by atoms with Crippen LogP contribution in [-0.2, 0) is 0 Å². The number of likely N-dealkylation sites (N-methyl/N-ethyl adjacent to an activating group) is 1. The average molecular weight is 339 g/mol. The van der Waals surface area contributed by atoms with Crippen LogP contribution in [0.25, 0.3) is 0 Å². The molecular formula is C20H25N3O2. The van der Waals surface area contributed by atoms with Crippen molar-refractivity contribution in [2.45, 2.75) is 25.3 Å². The lowest BCUT2D eigenvalue weighted by Crippen LogP contribution is -2.27. The smallest absolute Gasteiger partial charge is 0.253 e. The van der Waals surface area contributed by atoms with Crippen molar-refractivity contribution >= 4 is 5.91 Å². The number of benzene rings is 1. The normalized spacial score (nSPS) is 18.9. The first-order valence-electron chi connectivity index (χ1n) is 8.68. The van der Waals surface area contributed by atoms with E-state index in [0.717, 1.165) is 13.0 Å². The molecule has 3 rings (SSSR count). The summed E-state index contributed by atoms with van der Waals surface area (Å²) in [7, 11) is 3.98. The summed E-state index contributed by atoms with van der Waals surface area (Å²) >= 11 is 0. The van der Waals surface area contributed by atoms with Gasteiger partial charge < -0.3 is 15.0 Å². The predicted octanol–water partition coefficient (Wildman–Crippen LogP) is 3.00. The van der Waals surface area contributed by atoms with Crippen LogP contribution in [0, 0.1) is 0 Å². The van der Waals surface area contributed by atoms with Crippen molar-refractivity contribution in [3.05, 3.63) is 59.3 Å². The minimum absolute atomic E-state index is 0.0646. The Bertz CT molecular complexity index is 728. The van der Waals surface area contributed by atoms with Gasteiger partial charge in [0.2, 0.25) is 5.88 Å². The molecule has 1 N–H and O–H groups in total. The maximum Gasteiger partial charge on any atom is 0.253 e. The van der Waals surface area contributed by atoms with Crippen molar-refractivity contribution < 1.29 is 9.53 Å². The van der Waals surface area contributed by atoms with E-state index in [9.17, 15) is 4.79 Å². The Kier molecular flexibility index (Phi) is 5.34. The van der Waals surface area contributed by atoms with Gasteiger partial charge in [-0.3, -0.25) is 4.79 Å². The highest BCUT2D eigenvalue weighted by Crippen LogP contribution is 2.39. The number of nitrogens with zero attached hydrogens (tertiary/aromatic N) is 2. The second kappa shape index (κ2) is 7.66. The second-order valence-corrected chi connectivity index (χ2v) is 6.83. The van der Waals surface area contributed by atoms with Gasteiger partial charge in [-0.25, -0.2) is 4.98 Å². The maximum atomic E-state index is 12.5. The lowest BCUT2D eigenvalue weighted by molar-refractivity contribution is 0.0935. The molecule has 0 saturated heterocycles. The van der Waals surface area contributed by atoms with Crippen LogP contribution < -0.4 is 10.1 Å². The van der Waals surface area contributed by atoms with E-state index in [1.807, 2.05) is 25.1 Å². The zero-order valence-corrected chi connectivity index (χ0v) is 15.0. The topological polar surface area (TPSA) is 54.5 Å². The number of fused-ring (bicyclic) bond motifs is 1. The molecule has 25 heavy (non-hydrogen) atoms. The molecule has 1 aliphatic rings. The number of hydrogen-bond donors (Lipinski definition) is 1. The molecule has 0 saturated carbocycles. The Morgan fingerprint density at radius 3 is 2.68 bits per heavy atom. The largest absolute Gasteiger partial charge is 0.476 e. The minimum Gasteiger partial charge on any atom is -0.476 e. The summed E-state index contributed by atoms with van der Waals surface area (Å²) < 4.78 is 5.56. The fraction of sp³-hybridized carbons (Fsp3) is 0.400. The zero-order chi connectivity index (χ0) is 17.8. The monoisotopic (exact) mass is 339 g/mol. The van der Waals surface area contributed by atoms with Gasteiger partial charge in [-0.1, -0.05) is 31.2 Å². The molecule has 1 amide bonds. The molecule has 1 aromatic carbocycles. The Morgan fingerprint density at radius 1 is 1.24 bits per heavy atom. The summed E-state index contributed by atoms with van der Waals surface area (Å²) in [4.78, 5) is 18.8. The van der Waals surface area contributed by atoms with E-state index in [1.54, 1.807) is 18.3 Å². The molecule has 1 heterocycles. The summed E-state index contributed by atoms with van der Waals surface area (Å²) in [6.07, 6.45) is 2.51. The van der Waals surface area contributed by atoms with E-state index in [-0.39, 0.29) is 11.9 Å². The van der Waals surface area contributed by atoms with Crippen LogP contribution in [0.3, 0.4) is 0 Å². The summed E-state index contributed by atoms with van der Waals surface area (Å²) in [5.74, 6) is 0.909. The molecule has 0 aliphatic heterocycles. The Balaban J connectivity index is 1.61. The lowest BCUT2D eigenvalue weighted by atomic mass is 10.0. The molecule has 0 bridgehead atoms. The molecule has 1 aromatic heterocycles. The van der Waals surface area contributed by atoms with Crippen LogP contribution in [0.15, 0.2) is 42.6 Å². The fourth-order valence-electron chi connectivity index (χ4n) is 3.20. The van der Waals surface area contributed by atoms with Crippen molar-refractivity contribution in [3.8, 4) is 5.88 Å². The van der Waals surface area contributed by atoms with Gasteiger partial charge in [-0.05, 0) is 43.6 Å². The molecular weight excluding hydrogens is 314 g/mol. The van der Waals surface area contributed by atoms with Crippen molar-refractivity contribution in [2.75, 3.05) is 27.2 Å². The summed E-state index contributed by atoms with van der Waals surface area (Å²) in [5, 5.41) is 3.13. The summed E-state index contributed by atoms with van der Waals surface area (Å²) in [6, 6.07) is 11.9. The van der Waals surface area contributed by atoms with Crippen LogP contribution in [0.5, 0.6) is 5.88 Å². The number of pyridine rings is 1. The first-order chi connectivity index (χ1) is 12.0. The van der Waals surface area contributed by atoms with Crippen molar-refractivity contribution in [1.82, 2.24) is 15.2 Å². The van der Waals surface area contributed by atoms with E-state index in [1.165, 1.54) is 11.1 Å². The number of nitrogens with one attached hydrogen (secondary N) is 1. The third kappa shape index (κ3) is 4.17. The van der Waals surface area contributed by atoms with Crippen LogP contribution in [0.2, 0.25) is 0 Å². The molecule has 5 heteroatoms. The third-order valence-corrected chi connectivity index (χ3v) is 4.58. The number of ether oxygens (including phenoxy) is 1. The molecule has 2 aromatic rings. The average Bonchev–Trinajstić information content (AvgIpc) is 2.91. The van der Waals surface area contributed by atoms with E-state index in [4.69, 9.17) is 4.74 Å². The van der Waals surface area contributed by atoms with Gasteiger partial charge in [-0.15, -0.1) is 0 Å². The highest BCUT2D eigenvalue weighted by molar-refractivity contribution is 5.94. The maximum absolute atomic E-state index is 12.5. The van der Waals surface area contributed by atoms with Crippen molar-refractivity contribution in [2.24, 2.45) is 0 Å². The SMILES string of the molecule is CC1CC(NC(=O)c2ccc(OCCN(C)C)nc2)c2ccccc21. The standard InChI is InChI=1S/C20H25N3O2/c1-14-12-18(17-7-5-4-6-16(14)17)22-20(24)15-8-9-19(21-13-15)25-11-10-23(2)3/h4-9,13-14,18H,10-12H2,1-3H3,(H,22,24). The van der Waals surface area contributed by atoms with Gasteiger partial charge in [0.1, 0.15) is 6.61 Å². The van der Waals surface area contributed by atoms with Gasteiger partial charge in [-0.2, -0.15) is 0 Å². The molecule has 1 aliphatic carbocycles. The van der Waals surface area contributed by atoms with Crippen LogP contribution in [0.4, 0.5) is 0 Å². The molecule has 0 fully saturated rings. The third-order valence-electron chi connectivity index (χ3n) is 4.58. The molecule has 0 spiro atoms. The fourth-order valence-corrected chi connectivity index (χ4v) is 3.20. The van der Waals surface area contributed by atoms with Crippen LogP contribution >= 0.6 is 0 Å². The molecule has 132 valence electrons. The summed E-state index contributed by atoms with van der Waals surface area (Å²) in [6.45, 7) is 3.60. The molecule has 5 nitrogen and oxygen atoms in total. The number of carbonyl (C=O) groups excluding carboxylic acids is 1. The second-order valence-electron chi connectivity index (χ2n) is 6.83. The van der Waals surface area contributed by atoms with Gasteiger partial charge in [0.15, 0.2) is 0 Å².